The van der Waals surface area contributed by atoms with E-state index in [9.17, 15) is 5.11 Å². The first-order valence-electron chi connectivity index (χ1n) is 12.2. The van der Waals surface area contributed by atoms with Gasteiger partial charge in [0, 0.05) is 36.1 Å². The Bertz CT molecular complexity index is 1260. The van der Waals surface area contributed by atoms with E-state index < -0.39 is 0 Å². The van der Waals surface area contributed by atoms with Crippen LogP contribution in [0.25, 0.3) is 22.3 Å². The molecule has 1 aliphatic rings. The van der Waals surface area contributed by atoms with E-state index >= 15 is 0 Å². The molecule has 1 N–H and O–H groups in total. The molecule has 0 bridgehead atoms. The van der Waals surface area contributed by atoms with E-state index in [4.69, 9.17) is 16.3 Å². The quantitative estimate of drug-likeness (QED) is 0.319. The fraction of sp³-hybridized carbons (Fsp3) is 0.226. The SMILES string of the molecule is OCC(c1ccccc1-c1ccccc1-c1ccccc1Cl)C1CN(Cc2ccccc2)CCO1. The van der Waals surface area contributed by atoms with Crippen LogP contribution in [0.5, 0.6) is 0 Å². The van der Waals surface area contributed by atoms with E-state index in [0.717, 1.165) is 52.5 Å². The molecule has 0 aromatic heterocycles. The second-order valence-corrected chi connectivity index (χ2v) is 9.44. The Morgan fingerprint density at radius 1 is 0.771 bits per heavy atom. The molecule has 178 valence electrons. The molecule has 0 spiro atoms. The molecule has 4 heteroatoms. The Labute approximate surface area is 212 Å². The monoisotopic (exact) mass is 483 g/mol. The third kappa shape index (κ3) is 5.34. The number of benzene rings is 4. The van der Waals surface area contributed by atoms with Crippen molar-refractivity contribution in [2.75, 3.05) is 26.3 Å². The zero-order valence-electron chi connectivity index (χ0n) is 19.7. The zero-order valence-corrected chi connectivity index (χ0v) is 20.4. The highest BCUT2D eigenvalue weighted by molar-refractivity contribution is 6.33. The number of hydrogen-bond donors (Lipinski definition) is 1. The second-order valence-electron chi connectivity index (χ2n) is 9.03. The van der Waals surface area contributed by atoms with Crippen LogP contribution in [0.15, 0.2) is 103 Å². The van der Waals surface area contributed by atoms with E-state index in [1.807, 2.05) is 36.4 Å². The van der Waals surface area contributed by atoms with Crippen molar-refractivity contribution in [1.82, 2.24) is 4.90 Å². The average molecular weight is 484 g/mol. The number of morpholine rings is 1. The molecule has 1 fully saturated rings. The number of aliphatic hydroxyl groups is 1. The number of rotatable bonds is 7. The highest BCUT2D eigenvalue weighted by Crippen LogP contribution is 2.40. The first kappa shape index (κ1) is 23.8. The van der Waals surface area contributed by atoms with Crippen molar-refractivity contribution in [3.63, 3.8) is 0 Å². The molecule has 0 saturated carbocycles. The van der Waals surface area contributed by atoms with Gasteiger partial charge in [0.2, 0.25) is 0 Å². The van der Waals surface area contributed by atoms with Crippen LogP contribution in [0.1, 0.15) is 17.0 Å². The summed E-state index contributed by atoms with van der Waals surface area (Å²) in [5.74, 6) is -0.135. The van der Waals surface area contributed by atoms with Crippen molar-refractivity contribution in [2.24, 2.45) is 0 Å². The van der Waals surface area contributed by atoms with Gasteiger partial charge >= 0.3 is 0 Å². The Morgan fingerprint density at radius 2 is 1.37 bits per heavy atom. The topological polar surface area (TPSA) is 32.7 Å². The van der Waals surface area contributed by atoms with Crippen molar-refractivity contribution in [3.8, 4) is 22.3 Å². The van der Waals surface area contributed by atoms with Crippen molar-refractivity contribution < 1.29 is 9.84 Å². The third-order valence-electron chi connectivity index (χ3n) is 6.81. The number of ether oxygens (including phenoxy) is 1. The molecule has 2 unspecified atom stereocenters. The van der Waals surface area contributed by atoms with Gasteiger partial charge < -0.3 is 9.84 Å². The molecule has 35 heavy (non-hydrogen) atoms. The molecule has 1 heterocycles. The van der Waals surface area contributed by atoms with Gasteiger partial charge in [-0.3, -0.25) is 4.90 Å². The lowest BCUT2D eigenvalue weighted by molar-refractivity contribution is -0.0520. The highest BCUT2D eigenvalue weighted by Gasteiger charge is 2.31. The lowest BCUT2D eigenvalue weighted by atomic mass is 9.84. The molecule has 2 atom stereocenters. The molecule has 4 aromatic carbocycles. The molecule has 1 saturated heterocycles. The Kier molecular flexibility index (Phi) is 7.60. The minimum atomic E-state index is -0.135. The summed E-state index contributed by atoms with van der Waals surface area (Å²) in [5.41, 5.74) is 6.68. The van der Waals surface area contributed by atoms with Gasteiger partial charge in [-0.15, -0.1) is 0 Å². The Balaban J connectivity index is 1.48. The van der Waals surface area contributed by atoms with Crippen LogP contribution in [0.3, 0.4) is 0 Å². The van der Waals surface area contributed by atoms with Crippen molar-refractivity contribution in [3.05, 3.63) is 119 Å². The fourth-order valence-electron chi connectivity index (χ4n) is 5.07. The standard InChI is InChI=1S/C31H30ClNO2/c32-30-17-9-8-16-28(30)26-14-6-4-12-24(26)25-13-5-7-15-27(25)29(22-34)31-21-33(18-19-35-31)20-23-10-2-1-3-11-23/h1-17,29,31,34H,18-22H2. The van der Waals surface area contributed by atoms with Crippen LogP contribution in [-0.4, -0.2) is 42.4 Å². The molecule has 3 nitrogen and oxygen atoms in total. The maximum Gasteiger partial charge on any atom is 0.0793 e. The van der Waals surface area contributed by atoms with Crippen LogP contribution in [-0.2, 0) is 11.3 Å². The van der Waals surface area contributed by atoms with Crippen LogP contribution >= 0.6 is 11.6 Å². The summed E-state index contributed by atoms with van der Waals surface area (Å²) in [6.45, 7) is 3.23. The lowest BCUT2D eigenvalue weighted by Gasteiger charge is -2.37. The van der Waals surface area contributed by atoms with Crippen LogP contribution < -0.4 is 0 Å². The van der Waals surface area contributed by atoms with Crippen molar-refractivity contribution in [1.29, 1.82) is 0 Å². The number of halogens is 1. The third-order valence-corrected chi connectivity index (χ3v) is 7.14. The molecular weight excluding hydrogens is 454 g/mol. The molecule has 4 aromatic rings. The molecule has 0 aliphatic carbocycles. The van der Waals surface area contributed by atoms with Gasteiger partial charge in [0.1, 0.15) is 0 Å². The summed E-state index contributed by atoms with van der Waals surface area (Å²) in [6, 6.07) is 35.2. The minimum absolute atomic E-state index is 0.0229. The highest BCUT2D eigenvalue weighted by atomic mass is 35.5. The van der Waals surface area contributed by atoms with E-state index in [0.29, 0.717) is 6.61 Å². The predicted octanol–water partition coefficient (Wildman–Crippen LogP) is 6.65. The largest absolute Gasteiger partial charge is 0.396 e. The summed E-state index contributed by atoms with van der Waals surface area (Å²) >= 11 is 6.59. The van der Waals surface area contributed by atoms with Gasteiger partial charge in [-0.2, -0.15) is 0 Å². The average Bonchev–Trinajstić information content (AvgIpc) is 2.91. The summed E-state index contributed by atoms with van der Waals surface area (Å²) in [5, 5.41) is 11.3. The van der Waals surface area contributed by atoms with E-state index in [2.05, 4.69) is 71.6 Å². The van der Waals surface area contributed by atoms with E-state index in [-0.39, 0.29) is 18.6 Å². The van der Waals surface area contributed by atoms with Gasteiger partial charge in [-0.25, -0.2) is 0 Å². The molecular formula is C31H30ClNO2. The van der Waals surface area contributed by atoms with E-state index in [1.165, 1.54) is 5.56 Å². The Hall–Kier alpha value is -2.95. The summed E-state index contributed by atoms with van der Waals surface area (Å²) < 4.78 is 6.26. The smallest absolute Gasteiger partial charge is 0.0793 e. The summed E-state index contributed by atoms with van der Waals surface area (Å²) in [6.07, 6.45) is -0.0916. The maximum atomic E-state index is 10.6. The molecule has 5 rings (SSSR count). The first-order valence-corrected chi connectivity index (χ1v) is 12.5. The Morgan fingerprint density at radius 3 is 2.09 bits per heavy atom. The lowest BCUT2D eigenvalue weighted by Crippen LogP contribution is -2.45. The van der Waals surface area contributed by atoms with E-state index in [1.54, 1.807) is 0 Å². The molecule has 0 radical (unpaired) electrons. The van der Waals surface area contributed by atoms with Crippen LogP contribution in [0.2, 0.25) is 5.02 Å². The predicted molar refractivity (Wildman–Crippen MR) is 144 cm³/mol. The van der Waals surface area contributed by atoms with Crippen LogP contribution in [0, 0.1) is 0 Å². The first-order chi connectivity index (χ1) is 17.2. The normalized spacial score (nSPS) is 17.3. The van der Waals surface area contributed by atoms with Crippen molar-refractivity contribution >= 4 is 11.6 Å². The van der Waals surface area contributed by atoms with Gasteiger partial charge in [0.15, 0.2) is 0 Å². The zero-order chi connectivity index (χ0) is 24.0. The maximum absolute atomic E-state index is 10.6. The minimum Gasteiger partial charge on any atom is -0.396 e. The van der Waals surface area contributed by atoms with Crippen molar-refractivity contribution in [2.45, 2.75) is 18.6 Å². The fourth-order valence-corrected chi connectivity index (χ4v) is 5.31. The summed E-state index contributed by atoms with van der Waals surface area (Å²) in [7, 11) is 0. The number of hydrogen-bond acceptors (Lipinski definition) is 3. The molecule has 0 amide bonds. The van der Waals surface area contributed by atoms with Crippen LogP contribution in [0.4, 0.5) is 0 Å². The summed E-state index contributed by atoms with van der Waals surface area (Å²) in [4.78, 5) is 2.42. The molecule has 1 aliphatic heterocycles. The van der Waals surface area contributed by atoms with Gasteiger partial charge in [0.05, 0.1) is 19.3 Å². The van der Waals surface area contributed by atoms with Gasteiger partial charge in [0.25, 0.3) is 0 Å². The second kappa shape index (κ2) is 11.2. The number of nitrogens with zero attached hydrogens (tertiary/aromatic N) is 1. The number of aliphatic hydroxyl groups excluding tert-OH is 1. The van der Waals surface area contributed by atoms with Gasteiger partial charge in [-0.05, 0) is 33.9 Å². The van der Waals surface area contributed by atoms with Gasteiger partial charge in [-0.1, -0.05) is 109 Å².